The molecular weight excluding hydrogens is 186 g/mol. The Balaban J connectivity index is 0.000000531. The summed E-state index contributed by atoms with van der Waals surface area (Å²) in [4.78, 5) is 0. The molecule has 0 aromatic heterocycles. The molecular formula is C13H25NO. The Bertz CT molecular complexity index is 207. The van der Waals surface area contributed by atoms with Gasteiger partial charge in [-0.1, -0.05) is 39.7 Å². The number of hydrogen-bond acceptors (Lipinski definition) is 2. The van der Waals surface area contributed by atoms with E-state index in [1.807, 2.05) is 20.8 Å². The van der Waals surface area contributed by atoms with Crippen molar-refractivity contribution in [3.8, 4) is 0 Å². The van der Waals surface area contributed by atoms with Crippen molar-refractivity contribution in [2.24, 2.45) is 0 Å². The first-order valence-electron chi connectivity index (χ1n) is 6.29. The van der Waals surface area contributed by atoms with Gasteiger partial charge in [-0.25, -0.2) is 0 Å². The lowest BCUT2D eigenvalue weighted by Crippen LogP contribution is -2.64. The van der Waals surface area contributed by atoms with Crippen molar-refractivity contribution in [2.75, 3.05) is 6.61 Å². The molecule has 1 saturated carbocycles. The zero-order valence-corrected chi connectivity index (χ0v) is 10.4. The average Bonchev–Trinajstić information content (AvgIpc) is 2.28. The van der Waals surface area contributed by atoms with Crippen LogP contribution in [0.4, 0.5) is 0 Å². The smallest absolute Gasteiger partial charge is 0.0905 e. The average molecular weight is 211 g/mol. The van der Waals surface area contributed by atoms with Gasteiger partial charge in [-0.05, 0) is 19.8 Å². The lowest BCUT2D eigenvalue weighted by atomic mass is 9.76. The molecule has 1 saturated heterocycles. The maximum Gasteiger partial charge on any atom is 0.0905 e. The van der Waals surface area contributed by atoms with Gasteiger partial charge in [0.1, 0.15) is 0 Å². The quantitative estimate of drug-likeness (QED) is 0.757. The SMILES string of the molecule is C=C(C)NC1COC12CCCCC2.CC. The van der Waals surface area contributed by atoms with Crippen molar-refractivity contribution >= 4 is 0 Å². The van der Waals surface area contributed by atoms with Gasteiger partial charge in [0.05, 0.1) is 18.2 Å². The van der Waals surface area contributed by atoms with Gasteiger partial charge in [0.15, 0.2) is 0 Å². The summed E-state index contributed by atoms with van der Waals surface area (Å²) in [6, 6.07) is 0.533. The van der Waals surface area contributed by atoms with E-state index in [9.17, 15) is 0 Å². The summed E-state index contributed by atoms with van der Waals surface area (Å²) in [6.45, 7) is 10.8. The van der Waals surface area contributed by atoms with Gasteiger partial charge in [-0.2, -0.15) is 0 Å². The van der Waals surface area contributed by atoms with E-state index < -0.39 is 0 Å². The van der Waals surface area contributed by atoms with E-state index >= 15 is 0 Å². The summed E-state index contributed by atoms with van der Waals surface area (Å²) < 4.78 is 5.77. The molecule has 2 aliphatic rings. The fourth-order valence-electron chi connectivity index (χ4n) is 2.52. The first kappa shape index (κ1) is 12.6. The number of ether oxygens (including phenoxy) is 1. The van der Waals surface area contributed by atoms with Crippen molar-refractivity contribution < 1.29 is 4.74 Å². The standard InChI is InChI=1S/C11H19NO.C2H6/c1-9(2)12-10-8-13-11(10)6-4-3-5-7-11;1-2/h10,12H,1,3-8H2,2H3;1-2H3. The molecule has 1 N–H and O–H groups in total. The van der Waals surface area contributed by atoms with Crippen LogP contribution >= 0.6 is 0 Å². The summed E-state index contributed by atoms with van der Waals surface area (Å²) >= 11 is 0. The van der Waals surface area contributed by atoms with Crippen LogP contribution in [-0.2, 0) is 4.74 Å². The van der Waals surface area contributed by atoms with E-state index in [0.717, 1.165) is 12.3 Å². The third-order valence-corrected chi connectivity index (χ3v) is 3.29. The van der Waals surface area contributed by atoms with Gasteiger partial charge in [-0.15, -0.1) is 0 Å². The third kappa shape index (κ3) is 2.75. The van der Waals surface area contributed by atoms with Gasteiger partial charge in [0.2, 0.25) is 0 Å². The van der Waals surface area contributed by atoms with E-state index in [2.05, 4.69) is 11.9 Å². The molecule has 2 heteroatoms. The fourth-order valence-corrected chi connectivity index (χ4v) is 2.52. The lowest BCUT2D eigenvalue weighted by molar-refractivity contribution is -0.191. The maximum absolute atomic E-state index is 5.77. The van der Waals surface area contributed by atoms with Crippen LogP contribution in [-0.4, -0.2) is 18.2 Å². The Morgan fingerprint density at radius 1 is 1.27 bits per heavy atom. The third-order valence-electron chi connectivity index (χ3n) is 3.29. The second-order valence-electron chi connectivity index (χ2n) is 4.41. The monoisotopic (exact) mass is 211 g/mol. The topological polar surface area (TPSA) is 21.3 Å². The Hall–Kier alpha value is -0.500. The molecule has 1 aliphatic heterocycles. The summed E-state index contributed by atoms with van der Waals surface area (Å²) in [5.41, 5.74) is 1.25. The van der Waals surface area contributed by atoms with E-state index in [0.29, 0.717) is 6.04 Å². The Labute approximate surface area is 94.1 Å². The molecule has 1 atom stereocenters. The number of allylic oxidation sites excluding steroid dienone is 1. The maximum atomic E-state index is 5.77. The molecule has 2 fully saturated rings. The molecule has 0 bridgehead atoms. The number of nitrogens with one attached hydrogen (secondary N) is 1. The van der Waals surface area contributed by atoms with Gasteiger partial charge in [0.25, 0.3) is 0 Å². The van der Waals surface area contributed by atoms with E-state index in [-0.39, 0.29) is 5.60 Å². The largest absolute Gasteiger partial charge is 0.381 e. The first-order valence-corrected chi connectivity index (χ1v) is 6.29. The Morgan fingerprint density at radius 2 is 1.87 bits per heavy atom. The van der Waals surface area contributed by atoms with Gasteiger partial charge < -0.3 is 10.1 Å². The van der Waals surface area contributed by atoms with E-state index in [1.165, 1.54) is 32.1 Å². The predicted molar refractivity (Wildman–Crippen MR) is 64.9 cm³/mol. The first-order chi connectivity index (χ1) is 7.23. The second-order valence-corrected chi connectivity index (χ2v) is 4.41. The summed E-state index contributed by atoms with van der Waals surface area (Å²) in [7, 11) is 0. The molecule has 1 heterocycles. The van der Waals surface area contributed by atoms with Gasteiger partial charge in [0, 0.05) is 5.70 Å². The van der Waals surface area contributed by atoms with Crippen molar-refractivity contribution in [3.05, 3.63) is 12.3 Å². The summed E-state index contributed by atoms with van der Waals surface area (Å²) in [6.07, 6.45) is 6.50. The molecule has 1 aliphatic carbocycles. The van der Waals surface area contributed by atoms with Crippen molar-refractivity contribution in [2.45, 2.75) is 64.5 Å². The van der Waals surface area contributed by atoms with Crippen LogP contribution in [0.1, 0.15) is 52.9 Å². The highest BCUT2D eigenvalue weighted by atomic mass is 16.5. The normalized spacial score (nSPS) is 27.3. The number of rotatable bonds is 2. The van der Waals surface area contributed by atoms with Crippen molar-refractivity contribution in [3.63, 3.8) is 0 Å². The molecule has 88 valence electrons. The van der Waals surface area contributed by atoms with Gasteiger partial charge >= 0.3 is 0 Å². The van der Waals surface area contributed by atoms with Crippen LogP contribution in [0.15, 0.2) is 12.3 Å². The lowest BCUT2D eigenvalue weighted by Gasteiger charge is -2.52. The van der Waals surface area contributed by atoms with Crippen molar-refractivity contribution in [1.29, 1.82) is 0 Å². The molecule has 0 amide bonds. The predicted octanol–water partition coefficient (Wildman–Crippen LogP) is 3.24. The van der Waals surface area contributed by atoms with Crippen LogP contribution in [0.5, 0.6) is 0 Å². The van der Waals surface area contributed by atoms with Crippen LogP contribution in [0.3, 0.4) is 0 Å². The zero-order chi connectivity index (χ0) is 11.3. The molecule has 0 radical (unpaired) electrons. The Morgan fingerprint density at radius 3 is 2.27 bits per heavy atom. The Kier molecular flexibility index (Phi) is 4.65. The summed E-state index contributed by atoms with van der Waals surface area (Å²) in [5, 5.41) is 3.42. The molecule has 1 spiro atoms. The van der Waals surface area contributed by atoms with Crippen molar-refractivity contribution in [1.82, 2.24) is 5.32 Å². The molecule has 0 aromatic carbocycles. The molecule has 1 unspecified atom stereocenters. The van der Waals surface area contributed by atoms with Crippen LogP contribution in [0, 0.1) is 0 Å². The van der Waals surface area contributed by atoms with Gasteiger partial charge in [-0.3, -0.25) is 0 Å². The molecule has 0 aromatic rings. The van der Waals surface area contributed by atoms with Crippen LogP contribution in [0.25, 0.3) is 0 Å². The highest BCUT2D eigenvalue weighted by Gasteiger charge is 2.48. The van der Waals surface area contributed by atoms with E-state index in [1.54, 1.807) is 0 Å². The minimum atomic E-state index is 0.178. The minimum absolute atomic E-state index is 0.178. The highest BCUT2D eigenvalue weighted by Crippen LogP contribution is 2.40. The fraction of sp³-hybridized carbons (Fsp3) is 0.846. The second kappa shape index (κ2) is 5.55. The molecule has 15 heavy (non-hydrogen) atoms. The van der Waals surface area contributed by atoms with Crippen LogP contribution in [0.2, 0.25) is 0 Å². The van der Waals surface area contributed by atoms with E-state index in [4.69, 9.17) is 4.74 Å². The van der Waals surface area contributed by atoms with Crippen LogP contribution < -0.4 is 5.32 Å². The number of hydrogen-bond donors (Lipinski definition) is 1. The molecule has 2 rings (SSSR count). The minimum Gasteiger partial charge on any atom is -0.381 e. The highest BCUT2D eigenvalue weighted by molar-refractivity contribution is 5.06. The molecule has 2 nitrogen and oxygen atoms in total. The zero-order valence-electron chi connectivity index (χ0n) is 10.4. The summed E-state index contributed by atoms with van der Waals surface area (Å²) in [5.74, 6) is 0.